The third-order valence-electron chi connectivity index (χ3n) is 3.10. The molecule has 0 N–H and O–H groups in total. The summed E-state index contributed by atoms with van der Waals surface area (Å²) < 4.78 is 5.30. The maximum atomic E-state index is 12.6. The van der Waals surface area contributed by atoms with E-state index in [1.54, 1.807) is 17.2 Å². The predicted molar refractivity (Wildman–Crippen MR) is 73.7 cm³/mol. The highest BCUT2D eigenvalue weighted by Gasteiger charge is 2.34. The fourth-order valence-corrected chi connectivity index (χ4v) is 2.30. The molecule has 1 amide bonds. The Bertz CT molecular complexity index is 627. The largest absolute Gasteiger partial charge is 0.467 e. The van der Waals surface area contributed by atoms with Gasteiger partial charge in [0.15, 0.2) is 10.3 Å². The highest BCUT2D eigenvalue weighted by Crippen LogP contribution is 2.31. The number of carbonyl (C=O) groups excluding carboxylic acids is 1. The van der Waals surface area contributed by atoms with Crippen molar-refractivity contribution in [1.82, 2.24) is 15.1 Å². The number of carbonyl (C=O) groups is 1. The average molecular weight is 312 g/mol. The Balaban J connectivity index is 1.87. The molecule has 1 aliphatic carbocycles. The van der Waals surface area contributed by atoms with Crippen LogP contribution in [0.2, 0.25) is 10.3 Å². The van der Waals surface area contributed by atoms with E-state index in [1.165, 1.54) is 6.07 Å². The fourth-order valence-electron chi connectivity index (χ4n) is 1.98. The highest BCUT2D eigenvalue weighted by atomic mass is 35.5. The molecular formula is C13H11Cl2N3O2. The molecule has 0 spiro atoms. The highest BCUT2D eigenvalue weighted by molar-refractivity contribution is 6.34. The quantitative estimate of drug-likeness (QED) is 0.870. The van der Waals surface area contributed by atoms with E-state index in [9.17, 15) is 4.79 Å². The maximum Gasteiger partial charge on any atom is 0.257 e. The monoisotopic (exact) mass is 311 g/mol. The van der Waals surface area contributed by atoms with Crippen LogP contribution >= 0.6 is 23.2 Å². The van der Waals surface area contributed by atoms with Gasteiger partial charge in [0.05, 0.1) is 18.4 Å². The smallest absolute Gasteiger partial charge is 0.257 e. The molecule has 20 heavy (non-hydrogen) atoms. The summed E-state index contributed by atoms with van der Waals surface area (Å²) in [5.41, 5.74) is 0.269. The van der Waals surface area contributed by atoms with E-state index in [4.69, 9.17) is 27.6 Å². The number of amides is 1. The molecule has 0 bridgehead atoms. The Kier molecular flexibility index (Phi) is 3.63. The first-order valence-corrected chi connectivity index (χ1v) is 6.93. The lowest BCUT2D eigenvalue weighted by molar-refractivity contribution is 0.0717. The number of hydrogen-bond donors (Lipinski definition) is 0. The standard InChI is InChI=1S/C13H11Cl2N3O2/c14-11-6-10(12(15)17-16-11)13(19)18(8-3-4-8)7-9-2-1-5-20-9/h1-2,5-6,8H,3-4,7H2. The summed E-state index contributed by atoms with van der Waals surface area (Å²) in [6, 6.07) is 5.29. The van der Waals surface area contributed by atoms with Crippen LogP contribution in [0, 0.1) is 0 Å². The van der Waals surface area contributed by atoms with Crippen molar-refractivity contribution in [1.29, 1.82) is 0 Å². The van der Waals surface area contributed by atoms with E-state index in [0.717, 1.165) is 18.6 Å². The van der Waals surface area contributed by atoms with Crippen molar-refractivity contribution in [2.24, 2.45) is 0 Å². The Morgan fingerprint density at radius 2 is 2.20 bits per heavy atom. The molecular weight excluding hydrogens is 301 g/mol. The molecule has 5 nitrogen and oxygen atoms in total. The molecule has 2 aromatic rings. The van der Waals surface area contributed by atoms with E-state index < -0.39 is 0 Å². The summed E-state index contributed by atoms with van der Waals surface area (Å²) in [7, 11) is 0. The van der Waals surface area contributed by atoms with Crippen LogP contribution in [0.5, 0.6) is 0 Å². The third-order valence-corrected chi connectivity index (χ3v) is 3.57. The third kappa shape index (κ3) is 2.78. The van der Waals surface area contributed by atoms with Crippen molar-refractivity contribution in [2.75, 3.05) is 0 Å². The van der Waals surface area contributed by atoms with Crippen LogP contribution < -0.4 is 0 Å². The maximum absolute atomic E-state index is 12.6. The Hall–Kier alpha value is -1.59. The van der Waals surface area contributed by atoms with Gasteiger partial charge in [-0.1, -0.05) is 23.2 Å². The Morgan fingerprint density at radius 1 is 1.40 bits per heavy atom. The molecule has 0 unspecified atom stereocenters. The molecule has 104 valence electrons. The van der Waals surface area contributed by atoms with Gasteiger partial charge in [-0.25, -0.2) is 0 Å². The SMILES string of the molecule is O=C(c1cc(Cl)nnc1Cl)N(Cc1ccco1)C1CC1. The Morgan fingerprint density at radius 3 is 2.85 bits per heavy atom. The van der Waals surface area contributed by atoms with Crippen LogP contribution in [0.3, 0.4) is 0 Å². The molecule has 2 aromatic heterocycles. The van der Waals surface area contributed by atoms with Gasteiger partial charge in [0, 0.05) is 6.04 Å². The van der Waals surface area contributed by atoms with Gasteiger partial charge in [0.2, 0.25) is 0 Å². The first-order valence-electron chi connectivity index (χ1n) is 6.17. The van der Waals surface area contributed by atoms with Gasteiger partial charge >= 0.3 is 0 Å². The number of nitrogens with zero attached hydrogens (tertiary/aromatic N) is 3. The van der Waals surface area contributed by atoms with Gasteiger partial charge in [0.25, 0.3) is 5.91 Å². The van der Waals surface area contributed by atoms with Crippen LogP contribution in [-0.2, 0) is 6.54 Å². The first kappa shape index (κ1) is 13.4. The van der Waals surface area contributed by atoms with Crippen molar-refractivity contribution in [3.05, 3.63) is 46.1 Å². The van der Waals surface area contributed by atoms with Crippen molar-refractivity contribution in [3.8, 4) is 0 Å². The van der Waals surface area contributed by atoms with Gasteiger partial charge in [-0.05, 0) is 31.0 Å². The second-order valence-electron chi connectivity index (χ2n) is 4.62. The summed E-state index contributed by atoms with van der Waals surface area (Å²) in [4.78, 5) is 14.3. The number of hydrogen-bond acceptors (Lipinski definition) is 4. The normalized spacial score (nSPS) is 14.3. The molecule has 0 aromatic carbocycles. The minimum absolute atomic E-state index is 0.0597. The summed E-state index contributed by atoms with van der Waals surface area (Å²) >= 11 is 11.7. The van der Waals surface area contributed by atoms with Crippen LogP contribution in [0.15, 0.2) is 28.9 Å². The van der Waals surface area contributed by atoms with Crippen LogP contribution in [-0.4, -0.2) is 27.0 Å². The van der Waals surface area contributed by atoms with E-state index in [0.29, 0.717) is 6.54 Å². The van der Waals surface area contributed by atoms with Gasteiger partial charge in [-0.15, -0.1) is 10.2 Å². The minimum atomic E-state index is -0.203. The molecule has 0 atom stereocenters. The van der Waals surface area contributed by atoms with Crippen molar-refractivity contribution >= 4 is 29.1 Å². The number of halogens is 2. The molecule has 2 heterocycles. The summed E-state index contributed by atoms with van der Waals surface area (Å²) in [6.45, 7) is 0.409. The minimum Gasteiger partial charge on any atom is -0.467 e. The molecule has 0 saturated heterocycles. The predicted octanol–water partition coefficient (Wildman–Crippen LogP) is 3.18. The van der Waals surface area contributed by atoms with Gasteiger partial charge < -0.3 is 9.32 Å². The molecule has 1 aliphatic rings. The molecule has 0 aliphatic heterocycles. The number of furan rings is 1. The summed E-state index contributed by atoms with van der Waals surface area (Å²) in [5, 5.41) is 7.49. The zero-order valence-electron chi connectivity index (χ0n) is 10.4. The van der Waals surface area contributed by atoms with Gasteiger partial charge in [-0.3, -0.25) is 4.79 Å². The fraction of sp³-hybridized carbons (Fsp3) is 0.308. The lowest BCUT2D eigenvalue weighted by Crippen LogP contribution is -2.32. The lowest BCUT2D eigenvalue weighted by Gasteiger charge is -2.21. The van der Waals surface area contributed by atoms with E-state index in [1.807, 2.05) is 6.07 Å². The van der Waals surface area contributed by atoms with Gasteiger partial charge in [-0.2, -0.15) is 0 Å². The molecule has 3 rings (SSSR count). The molecule has 1 fully saturated rings. The van der Waals surface area contributed by atoms with Gasteiger partial charge in [0.1, 0.15) is 5.76 Å². The van der Waals surface area contributed by atoms with E-state index in [2.05, 4.69) is 10.2 Å². The molecule has 0 radical (unpaired) electrons. The zero-order valence-corrected chi connectivity index (χ0v) is 11.9. The summed E-state index contributed by atoms with van der Waals surface area (Å²) in [5.74, 6) is 0.528. The lowest BCUT2D eigenvalue weighted by atomic mass is 10.2. The van der Waals surface area contributed by atoms with Crippen LogP contribution in [0.25, 0.3) is 0 Å². The molecule has 7 heteroatoms. The van der Waals surface area contributed by atoms with Crippen LogP contribution in [0.1, 0.15) is 29.0 Å². The second kappa shape index (κ2) is 5.42. The zero-order chi connectivity index (χ0) is 14.1. The van der Waals surface area contributed by atoms with Crippen molar-refractivity contribution < 1.29 is 9.21 Å². The van der Waals surface area contributed by atoms with Crippen LogP contribution in [0.4, 0.5) is 0 Å². The van der Waals surface area contributed by atoms with Crippen molar-refractivity contribution in [3.63, 3.8) is 0 Å². The number of aromatic nitrogens is 2. The van der Waals surface area contributed by atoms with Crippen molar-refractivity contribution in [2.45, 2.75) is 25.4 Å². The Labute approximate surface area is 125 Å². The van der Waals surface area contributed by atoms with E-state index >= 15 is 0 Å². The summed E-state index contributed by atoms with van der Waals surface area (Å²) in [6.07, 6.45) is 3.55. The molecule has 1 saturated carbocycles. The first-order chi connectivity index (χ1) is 9.65. The average Bonchev–Trinajstić information content (AvgIpc) is 3.15. The number of rotatable bonds is 4. The topological polar surface area (TPSA) is 59.2 Å². The van der Waals surface area contributed by atoms with E-state index in [-0.39, 0.29) is 27.8 Å². The second-order valence-corrected chi connectivity index (χ2v) is 5.36.